The van der Waals surface area contributed by atoms with Crippen LogP contribution in [0.4, 0.5) is 0 Å². The molecule has 0 aliphatic carbocycles. The highest BCUT2D eigenvalue weighted by atomic mass is 16.4. The van der Waals surface area contributed by atoms with Gasteiger partial charge in [0.05, 0.1) is 6.04 Å². The maximum Gasteiger partial charge on any atom is 0.326 e. The van der Waals surface area contributed by atoms with E-state index in [0.717, 1.165) is 0 Å². The van der Waals surface area contributed by atoms with E-state index < -0.39 is 71.8 Å². The average molecular weight is 847 g/mol. The van der Waals surface area contributed by atoms with Crippen LogP contribution in [-0.2, 0) is 48.0 Å². The number of aliphatic carboxylic acids is 1. The monoisotopic (exact) mass is 846 g/mol. The lowest BCUT2D eigenvalue weighted by molar-refractivity contribution is -0.142. The number of phenolic OH excluding ortho intramolecular Hbond substituents is 2. The number of aliphatic imine (C=N–C) groups is 1. The van der Waals surface area contributed by atoms with E-state index in [1.807, 2.05) is 0 Å². The predicted molar refractivity (Wildman–Crippen MR) is 228 cm³/mol. The zero-order valence-corrected chi connectivity index (χ0v) is 34.1. The number of hydrogen-bond acceptors (Lipinski definition) is 11. The number of amides is 5. The van der Waals surface area contributed by atoms with Crippen LogP contribution in [0, 0.1) is 0 Å². The molecule has 0 heterocycles. The maximum atomic E-state index is 14.1. The van der Waals surface area contributed by atoms with E-state index in [4.69, 9.17) is 22.9 Å². The normalized spacial score (nSPS) is 13.8. The van der Waals surface area contributed by atoms with Crippen LogP contribution in [0.15, 0.2) is 83.9 Å². The molecule has 0 saturated heterocycles. The van der Waals surface area contributed by atoms with E-state index >= 15 is 0 Å². The number of carbonyl (C=O) groups is 6. The summed E-state index contributed by atoms with van der Waals surface area (Å²) < 4.78 is 0. The molecule has 3 aromatic carbocycles. The van der Waals surface area contributed by atoms with Crippen LogP contribution in [0.25, 0.3) is 0 Å². The van der Waals surface area contributed by atoms with Crippen LogP contribution >= 0.6 is 0 Å². The number of unbranched alkanes of at least 4 members (excludes halogenated alkanes) is 1. The third-order valence-corrected chi connectivity index (χ3v) is 9.55. The molecule has 16 N–H and O–H groups in total. The minimum Gasteiger partial charge on any atom is -0.508 e. The number of hydrogen-bond donors (Lipinski definition) is 12. The van der Waals surface area contributed by atoms with Gasteiger partial charge in [-0.15, -0.1) is 0 Å². The quantitative estimate of drug-likeness (QED) is 0.0282. The van der Waals surface area contributed by atoms with Gasteiger partial charge in [0.2, 0.25) is 29.5 Å². The molecule has 0 spiro atoms. The molecule has 5 amide bonds. The first-order valence-corrected chi connectivity index (χ1v) is 19.9. The van der Waals surface area contributed by atoms with Gasteiger partial charge in [0, 0.05) is 25.8 Å². The van der Waals surface area contributed by atoms with Gasteiger partial charge < -0.3 is 64.8 Å². The number of carboxylic acid groups (broad SMARTS) is 1. The molecule has 3 rings (SSSR count). The van der Waals surface area contributed by atoms with Crippen molar-refractivity contribution in [3.8, 4) is 11.5 Å². The van der Waals surface area contributed by atoms with Crippen molar-refractivity contribution in [2.75, 3.05) is 13.1 Å². The molecule has 0 radical (unpaired) electrons. The Morgan fingerprint density at radius 1 is 0.574 bits per heavy atom. The molecule has 0 bridgehead atoms. The number of phenols is 2. The Hall–Kier alpha value is -6.73. The number of rotatable bonds is 25. The van der Waals surface area contributed by atoms with Crippen molar-refractivity contribution in [3.05, 3.63) is 95.6 Å². The molecular weight excluding hydrogens is 789 g/mol. The second kappa shape index (κ2) is 25.0. The fourth-order valence-electron chi connectivity index (χ4n) is 6.12. The molecule has 0 aromatic heterocycles. The third-order valence-electron chi connectivity index (χ3n) is 9.55. The van der Waals surface area contributed by atoms with Crippen molar-refractivity contribution in [1.82, 2.24) is 26.6 Å². The van der Waals surface area contributed by atoms with Gasteiger partial charge in [-0.2, -0.15) is 0 Å². The molecule has 0 fully saturated rings. The number of benzene rings is 3. The average Bonchev–Trinajstić information content (AvgIpc) is 3.22. The molecule has 19 heteroatoms. The van der Waals surface area contributed by atoms with E-state index in [2.05, 4.69) is 31.6 Å². The topological polar surface area (TPSA) is 340 Å². The van der Waals surface area contributed by atoms with Crippen molar-refractivity contribution in [1.29, 1.82) is 0 Å². The Morgan fingerprint density at radius 3 is 1.54 bits per heavy atom. The van der Waals surface area contributed by atoms with Crippen LogP contribution in [0.1, 0.15) is 55.7 Å². The van der Waals surface area contributed by atoms with E-state index in [9.17, 15) is 44.1 Å². The van der Waals surface area contributed by atoms with Gasteiger partial charge in [0.1, 0.15) is 41.7 Å². The number of carbonyl (C=O) groups excluding carboxylic acids is 5. The van der Waals surface area contributed by atoms with Gasteiger partial charge in [-0.25, -0.2) is 4.79 Å². The minimum atomic E-state index is -1.42. The standard InChI is InChI=1S/C42H58N10O9/c1-25(48-37(56)31(44)10-7-21-47-42(45)46)36(55)50-33(22-26-8-3-2-4-9-26)39(58)49-32(11-5-6-20-43)38(57)51-34(23-27-12-16-29(53)17-13-27)40(59)52-35(41(60)61)24-28-14-18-30(54)19-15-28/h2-4,8-9,12-19,25,31-35,53-54H,5-7,10-11,20-24,43-44H2,1H3,(H,48,56)(H,49,58)(H,50,55)(H,51,57)(H,52,59)(H,60,61)(H4,45,46,47)/t25-,31-,32-,33-,34-,35-/m0/s1. The Bertz CT molecular complexity index is 1930. The van der Waals surface area contributed by atoms with E-state index in [0.29, 0.717) is 42.5 Å². The second-order valence-electron chi connectivity index (χ2n) is 14.6. The first kappa shape index (κ1) is 48.6. The maximum absolute atomic E-state index is 14.1. The van der Waals surface area contributed by atoms with Gasteiger partial charge in [0.25, 0.3) is 0 Å². The first-order valence-electron chi connectivity index (χ1n) is 19.9. The number of aromatic hydroxyl groups is 2. The smallest absolute Gasteiger partial charge is 0.326 e. The number of nitrogens with two attached hydrogens (primary N) is 4. The molecule has 330 valence electrons. The lowest BCUT2D eigenvalue weighted by atomic mass is 10.0. The SMILES string of the molecule is C[C@H](NC(=O)[C@@H](N)CCCN=C(N)N)C(=O)N[C@@H](Cc1ccccc1)C(=O)N[C@@H](CCCCN)C(=O)N[C@@H](Cc1ccc(O)cc1)C(=O)N[C@@H](Cc1ccc(O)cc1)C(=O)O. The van der Waals surface area contributed by atoms with Crippen LogP contribution < -0.4 is 49.5 Å². The molecule has 6 atom stereocenters. The number of carboxylic acids is 1. The molecule has 0 aliphatic rings. The summed E-state index contributed by atoms with van der Waals surface area (Å²) in [5.41, 5.74) is 24.1. The Morgan fingerprint density at radius 2 is 1.03 bits per heavy atom. The summed E-state index contributed by atoms with van der Waals surface area (Å²) in [7, 11) is 0. The van der Waals surface area contributed by atoms with Gasteiger partial charge in [-0.05, 0) is 86.5 Å². The van der Waals surface area contributed by atoms with E-state index in [1.54, 1.807) is 30.3 Å². The van der Waals surface area contributed by atoms with Gasteiger partial charge in [0.15, 0.2) is 5.96 Å². The fourth-order valence-corrected chi connectivity index (χ4v) is 6.12. The van der Waals surface area contributed by atoms with Crippen LogP contribution in [0.2, 0.25) is 0 Å². The lowest BCUT2D eigenvalue weighted by Gasteiger charge is -2.27. The molecule has 0 unspecified atom stereocenters. The van der Waals surface area contributed by atoms with Gasteiger partial charge in [-0.3, -0.25) is 29.0 Å². The highest BCUT2D eigenvalue weighted by Gasteiger charge is 2.32. The number of nitrogens with zero attached hydrogens (tertiary/aromatic N) is 1. The van der Waals surface area contributed by atoms with E-state index in [1.165, 1.54) is 55.5 Å². The first-order chi connectivity index (χ1) is 29.1. The van der Waals surface area contributed by atoms with E-state index in [-0.39, 0.29) is 56.1 Å². The second-order valence-corrected chi connectivity index (χ2v) is 14.6. The van der Waals surface area contributed by atoms with Gasteiger partial charge in [-0.1, -0.05) is 54.6 Å². The molecule has 61 heavy (non-hydrogen) atoms. The van der Waals surface area contributed by atoms with Crippen molar-refractivity contribution in [2.45, 2.75) is 94.5 Å². The Labute approximate surface area is 354 Å². The van der Waals surface area contributed by atoms with Crippen LogP contribution in [0.5, 0.6) is 11.5 Å². The van der Waals surface area contributed by atoms with Crippen molar-refractivity contribution >= 4 is 41.5 Å². The largest absolute Gasteiger partial charge is 0.508 e. The summed E-state index contributed by atoms with van der Waals surface area (Å²) in [4.78, 5) is 84.4. The summed E-state index contributed by atoms with van der Waals surface area (Å²) in [6.07, 6.45) is 1.37. The Kier molecular flexibility index (Phi) is 19.9. The number of guanidine groups is 1. The zero-order valence-electron chi connectivity index (χ0n) is 34.1. The predicted octanol–water partition coefficient (Wildman–Crippen LogP) is -0.836. The summed E-state index contributed by atoms with van der Waals surface area (Å²) >= 11 is 0. The van der Waals surface area contributed by atoms with Crippen LogP contribution in [-0.4, -0.2) is 106 Å². The molecule has 3 aromatic rings. The highest BCUT2D eigenvalue weighted by molar-refractivity contribution is 5.96. The number of nitrogens with one attached hydrogen (secondary N) is 5. The van der Waals surface area contributed by atoms with Crippen molar-refractivity contribution < 1.29 is 44.1 Å². The third kappa shape index (κ3) is 17.6. The Balaban J connectivity index is 1.84. The molecular formula is C42H58N10O9. The molecule has 19 nitrogen and oxygen atoms in total. The molecule has 0 saturated carbocycles. The van der Waals surface area contributed by atoms with Crippen LogP contribution in [0.3, 0.4) is 0 Å². The summed E-state index contributed by atoms with van der Waals surface area (Å²) in [5.74, 6) is -5.14. The lowest BCUT2D eigenvalue weighted by Crippen LogP contribution is -2.59. The van der Waals surface area contributed by atoms with Crippen molar-refractivity contribution in [2.24, 2.45) is 27.9 Å². The zero-order chi connectivity index (χ0) is 44.9. The van der Waals surface area contributed by atoms with Gasteiger partial charge >= 0.3 is 5.97 Å². The fraction of sp³-hybridized carbons (Fsp3) is 0.405. The van der Waals surface area contributed by atoms with Crippen molar-refractivity contribution in [3.63, 3.8) is 0 Å². The molecule has 0 aliphatic heterocycles. The summed E-state index contributed by atoms with van der Waals surface area (Å²) in [6, 6.07) is 13.1. The summed E-state index contributed by atoms with van der Waals surface area (Å²) in [6.45, 7) is 1.99. The minimum absolute atomic E-state index is 0.00398. The highest BCUT2D eigenvalue weighted by Crippen LogP contribution is 2.15. The summed E-state index contributed by atoms with van der Waals surface area (Å²) in [5, 5.41) is 42.6.